The Morgan fingerprint density at radius 1 is 1.00 bits per heavy atom. The van der Waals surface area contributed by atoms with Gasteiger partial charge in [-0.1, -0.05) is 25.7 Å². The van der Waals surface area contributed by atoms with Crippen LogP contribution >= 0.6 is 0 Å². The summed E-state index contributed by atoms with van der Waals surface area (Å²) in [5, 5.41) is 0. The molecule has 0 spiro atoms. The van der Waals surface area contributed by atoms with Crippen molar-refractivity contribution in [2.75, 3.05) is 19.8 Å². The third kappa shape index (κ3) is 5.70. The van der Waals surface area contributed by atoms with Gasteiger partial charge in [0.05, 0.1) is 18.8 Å². The molecule has 0 aromatic rings. The molecule has 0 saturated heterocycles. The molecular formula is C11H20F3NO2. The van der Waals surface area contributed by atoms with Crippen molar-refractivity contribution in [2.45, 2.75) is 50.5 Å². The lowest BCUT2D eigenvalue weighted by Gasteiger charge is -2.31. The molecule has 0 radical (unpaired) electrons. The first-order chi connectivity index (χ1) is 7.97. The van der Waals surface area contributed by atoms with E-state index in [1.54, 1.807) is 0 Å². The molecule has 0 heterocycles. The molecule has 1 aliphatic rings. The molecule has 2 N–H and O–H groups in total. The molecule has 0 atom stereocenters. The summed E-state index contributed by atoms with van der Waals surface area (Å²) < 4.78 is 44.5. The van der Waals surface area contributed by atoms with Gasteiger partial charge in [0.2, 0.25) is 0 Å². The van der Waals surface area contributed by atoms with E-state index in [2.05, 4.69) is 4.74 Å². The van der Waals surface area contributed by atoms with Crippen LogP contribution in [0.25, 0.3) is 0 Å². The fourth-order valence-corrected chi connectivity index (χ4v) is 2.20. The van der Waals surface area contributed by atoms with Crippen LogP contribution in [0.1, 0.15) is 38.5 Å². The molecule has 1 saturated carbocycles. The first-order valence-electron chi connectivity index (χ1n) is 6.02. The van der Waals surface area contributed by atoms with Crippen molar-refractivity contribution in [3.05, 3.63) is 0 Å². The molecule has 1 rings (SSSR count). The zero-order valence-corrected chi connectivity index (χ0v) is 9.89. The number of ether oxygens (including phenoxy) is 2. The third-order valence-corrected chi connectivity index (χ3v) is 3.14. The minimum Gasteiger partial charge on any atom is -0.371 e. The zero-order valence-electron chi connectivity index (χ0n) is 9.89. The maximum absolute atomic E-state index is 11.8. The highest BCUT2D eigenvalue weighted by molar-refractivity contribution is 4.84. The van der Waals surface area contributed by atoms with Crippen molar-refractivity contribution in [3.63, 3.8) is 0 Å². The Kier molecular flexibility index (Phi) is 5.69. The summed E-state index contributed by atoms with van der Waals surface area (Å²) in [4.78, 5) is 0. The predicted molar refractivity (Wildman–Crippen MR) is 57.4 cm³/mol. The summed E-state index contributed by atoms with van der Waals surface area (Å²) >= 11 is 0. The van der Waals surface area contributed by atoms with Gasteiger partial charge < -0.3 is 10.5 Å². The normalized spacial score (nSPS) is 21.2. The Morgan fingerprint density at radius 3 is 2.06 bits per heavy atom. The van der Waals surface area contributed by atoms with Gasteiger partial charge in [0.1, 0.15) is 0 Å². The monoisotopic (exact) mass is 255 g/mol. The van der Waals surface area contributed by atoms with Crippen molar-refractivity contribution >= 4 is 0 Å². The summed E-state index contributed by atoms with van der Waals surface area (Å²) in [6.07, 6.45) is 1.41. The molecule has 0 bridgehead atoms. The van der Waals surface area contributed by atoms with Gasteiger partial charge in [-0.25, -0.2) is 0 Å². The fourth-order valence-electron chi connectivity index (χ4n) is 2.20. The van der Waals surface area contributed by atoms with Crippen LogP contribution in [0.15, 0.2) is 0 Å². The lowest BCUT2D eigenvalue weighted by molar-refractivity contribution is -0.328. The van der Waals surface area contributed by atoms with E-state index in [4.69, 9.17) is 10.5 Å². The van der Waals surface area contributed by atoms with E-state index in [9.17, 15) is 13.2 Å². The van der Waals surface area contributed by atoms with Gasteiger partial charge in [-0.15, -0.1) is 13.2 Å². The summed E-state index contributed by atoms with van der Waals surface area (Å²) in [6.45, 7) is -0.166. The summed E-state index contributed by atoms with van der Waals surface area (Å²) in [6, 6.07) is 0. The van der Waals surface area contributed by atoms with Gasteiger partial charge in [-0.05, 0) is 12.8 Å². The quantitative estimate of drug-likeness (QED) is 0.606. The van der Waals surface area contributed by atoms with Crippen LogP contribution in [-0.4, -0.2) is 31.7 Å². The molecule has 0 aromatic carbocycles. The Balaban J connectivity index is 2.30. The second kappa shape index (κ2) is 6.56. The maximum atomic E-state index is 11.8. The van der Waals surface area contributed by atoms with Crippen molar-refractivity contribution in [1.82, 2.24) is 0 Å². The molecule has 1 fully saturated rings. The molecule has 17 heavy (non-hydrogen) atoms. The topological polar surface area (TPSA) is 44.5 Å². The van der Waals surface area contributed by atoms with Gasteiger partial charge in [0.15, 0.2) is 0 Å². The number of hydrogen-bond donors (Lipinski definition) is 1. The molecule has 0 amide bonds. The maximum Gasteiger partial charge on any atom is 0.522 e. The Labute approximate surface area is 99.4 Å². The lowest BCUT2D eigenvalue weighted by atomic mass is 9.94. The van der Waals surface area contributed by atoms with Gasteiger partial charge in [-0.2, -0.15) is 0 Å². The summed E-state index contributed by atoms with van der Waals surface area (Å²) in [5.41, 5.74) is 5.25. The van der Waals surface area contributed by atoms with Crippen molar-refractivity contribution in [3.8, 4) is 0 Å². The molecule has 0 aromatic heterocycles. The van der Waals surface area contributed by atoms with Gasteiger partial charge in [-0.3, -0.25) is 4.74 Å². The molecule has 0 aliphatic heterocycles. The van der Waals surface area contributed by atoms with Crippen LogP contribution in [0.5, 0.6) is 0 Å². The lowest BCUT2D eigenvalue weighted by Crippen LogP contribution is -2.41. The van der Waals surface area contributed by atoms with Crippen LogP contribution in [0.2, 0.25) is 0 Å². The van der Waals surface area contributed by atoms with Crippen molar-refractivity contribution in [1.29, 1.82) is 0 Å². The number of nitrogens with two attached hydrogens (primary N) is 1. The minimum absolute atomic E-state index is 0.0588. The second-order valence-electron chi connectivity index (χ2n) is 4.44. The SMILES string of the molecule is NCC1(OCCOC(F)(F)F)CCCCCC1. The largest absolute Gasteiger partial charge is 0.522 e. The second-order valence-corrected chi connectivity index (χ2v) is 4.44. The third-order valence-electron chi connectivity index (χ3n) is 3.14. The molecule has 102 valence electrons. The van der Waals surface area contributed by atoms with Gasteiger partial charge in [0.25, 0.3) is 0 Å². The number of halogens is 3. The highest BCUT2D eigenvalue weighted by Gasteiger charge is 2.32. The summed E-state index contributed by atoms with van der Waals surface area (Å²) in [7, 11) is 0. The highest BCUT2D eigenvalue weighted by Crippen LogP contribution is 2.29. The van der Waals surface area contributed by atoms with Gasteiger partial charge in [0, 0.05) is 6.54 Å². The Morgan fingerprint density at radius 2 is 1.59 bits per heavy atom. The number of rotatable bonds is 5. The van der Waals surface area contributed by atoms with Crippen LogP contribution in [0.4, 0.5) is 13.2 Å². The van der Waals surface area contributed by atoms with E-state index in [-0.39, 0.29) is 6.61 Å². The van der Waals surface area contributed by atoms with Crippen molar-refractivity contribution in [2.24, 2.45) is 5.73 Å². The molecule has 3 nitrogen and oxygen atoms in total. The first kappa shape index (κ1) is 14.7. The van der Waals surface area contributed by atoms with Crippen molar-refractivity contribution < 1.29 is 22.6 Å². The van der Waals surface area contributed by atoms with Gasteiger partial charge >= 0.3 is 6.36 Å². The van der Waals surface area contributed by atoms with E-state index >= 15 is 0 Å². The fraction of sp³-hybridized carbons (Fsp3) is 1.00. The smallest absolute Gasteiger partial charge is 0.371 e. The molecular weight excluding hydrogens is 235 g/mol. The van der Waals surface area contributed by atoms with E-state index in [0.717, 1.165) is 38.5 Å². The molecule has 1 aliphatic carbocycles. The van der Waals surface area contributed by atoms with Crippen LogP contribution in [0.3, 0.4) is 0 Å². The Hall–Kier alpha value is -0.330. The van der Waals surface area contributed by atoms with E-state index in [0.29, 0.717) is 6.54 Å². The van der Waals surface area contributed by atoms with Crippen LogP contribution in [0, 0.1) is 0 Å². The number of alkyl halides is 3. The van der Waals surface area contributed by atoms with E-state index < -0.39 is 18.6 Å². The van der Waals surface area contributed by atoms with Crippen LogP contribution in [-0.2, 0) is 9.47 Å². The average molecular weight is 255 g/mol. The molecule has 0 unspecified atom stereocenters. The zero-order chi connectivity index (χ0) is 12.8. The first-order valence-corrected chi connectivity index (χ1v) is 6.02. The van der Waals surface area contributed by atoms with Crippen LogP contribution < -0.4 is 5.73 Å². The predicted octanol–water partition coefficient (Wildman–Crippen LogP) is 2.59. The van der Waals surface area contributed by atoms with E-state index in [1.165, 1.54) is 0 Å². The minimum atomic E-state index is -4.58. The average Bonchev–Trinajstić information content (AvgIpc) is 2.49. The number of hydrogen-bond acceptors (Lipinski definition) is 3. The Bertz CT molecular complexity index is 213. The van der Waals surface area contributed by atoms with E-state index in [1.807, 2.05) is 0 Å². The summed E-state index contributed by atoms with van der Waals surface area (Å²) in [5.74, 6) is 0. The highest BCUT2D eigenvalue weighted by atomic mass is 19.4. The standard InChI is InChI=1S/C11H20F3NO2/c12-11(13,14)17-8-7-16-10(9-15)5-3-1-2-4-6-10/h1-9,15H2. The molecule has 6 heteroatoms.